The van der Waals surface area contributed by atoms with Crippen LogP contribution in [0.1, 0.15) is 31.8 Å². The van der Waals surface area contributed by atoms with Crippen LogP contribution in [0.2, 0.25) is 0 Å². The Kier molecular flexibility index (Phi) is 4.17. The largest absolute Gasteiger partial charge is 0.370 e. The van der Waals surface area contributed by atoms with E-state index < -0.39 is 0 Å². The van der Waals surface area contributed by atoms with Crippen molar-refractivity contribution in [3.05, 3.63) is 17.6 Å². The van der Waals surface area contributed by atoms with Crippen molar-refractivity contribution in [3.63, 3.8) is 0 Å². The zero-order valence-electron chi connectivity index (χ0n) is 11.9. The molecule has 0 aliphatic carbocycles. The lowest BCUT2D eigenvalue weighted by atomic mass is 10.1. The molecule has 100 valence electrons. The fourth-order valence-electron chi connectivity index (χ4n) is 2.55. The van der Waals surface area contributed by atoms with Crippen molar-refractivity contribution in [2.24, 2.45) is 5.92 Å². The first-order valence-electron chi connectivity index (χ1n) is 6.85. The summed E-state index contributed by atoms with van der Waals surface area (Å²) in [6.07, 6.45) is 1.29. The normalized spacial score (nSPS) is 20.6. The summed E-state index contributed by atoms with van der Waals surface area (Å²) in [4.78, 5) is 11.2. The topological polar surface area (TPSA) is 41.0 Å². The van der Waals surface area contributed by atoms with E-state index in [-0.39, 0.29) is 0 Å². The second-order valence-corrected chi connectivity index (χ2v) is 5.57. The lowest BCUT2D eigenvalue weighted by Crippen LogP contribution is -2.29. The Morgan fingerprint density at radius 3 is 2.78 bits per heavy atom. The van der Waals surface area contributed by atoms with Gasteiger partial charge in [0.15, 0.2) is 0 Å². The van der Waals surface area contributed by atoms with Gasteiger partial charge in [-0.3, -0.25) is 0 Å². The third-order valence-corrected chi connectivity index (χ3v) is 3.59. The van der Waals surface area contributed by atoms with E-state index in [1.165, 1.54) is 19.5 Å². The summed E-state index contributed by atoms with van der Waals surface area (Å²) in [5, 5.41) is 3.45. The van der Waals surface area contributed by atoms with Gasteiger partial charge in [0.1, 0.15) is 11.6 Å². The molecule has 1 saturated heterocycles. The van der Waals surface area contributed by atoms with Gasteiger partial charge in [-0.15, -0.1) is 0 Å². The summed E-state index contributed by atoms with van der Waals surface area (Å²) in [5.74, 6) is 2.54. The van der Waals surface area contributed by atoms with Crippen LogP contribution in [-0.2, 0) is 0 Å². The minimum Gasteiger partial charge on any atom is -0.370 e. The zero-order valence-corrected chi connectivity index (χ0v) is 11.9. The average molecular weight is 248 g/mol. The predicted octanol–water partition coefficient (Wildman–Crippen LogP) is 2.24. The first kappa shape index (κ1) is 13.3. The van der Waals surface area contributed by atoms with Crippen LogP contribution < -0.4 is 5.32 Å². The van der Waals surface area contributed by atoms with Gasteiger partial charge in [0.25, 0.3) is 0 Å². The zero-order chi connectivity index (χ0) is 13.1. The van der Waals surface area contributed by atoms with E-state index in [0.717, 1.165) is 29.8 Å². The van der Waals surface area contributed by atoms with E-state index in [1.54, 1.807) is 0 Å². The Bertz CT molecular complexity index is 383. The molecule has 0 bridgehead atoms. The highest BCUT2D eigenvalue weighted by molar-refractivity contribution is 5.35. The van der Waals surface area contributed by atoms with E-state index in [9.17, 15) is 0 Å². The van der Waals surface area contributed by atoms with Crippen molar-refractivity contribution >= 4 is 5.82 Å². The molecule has 1 atom stereocenters. The summed E-state index contributed by atoms with van der Waals surface area (Å²) in [5.41, 5.74) is 1.03. The van der Waals surface area contributed by atoms with Crippen LogP contribution in [0, 0.1) is 19.8 Å². The molecule has 1 aliphatic heterocycles. The second kappa shape index (κ2) is 5.65. The molecule has 2 heterocycles. The van der Waals surface area contributed by atoms with Gasteiger partial charge in [0.2, 0.25) is 0 Å². The molecule has 1 fully saturated rings. The smallest absolute Gasteiger partial charge is 0.129 e. The maximum Gasteiger partial charge on any atom is 0.129 e. The molecule has 4 nitrogen and oxygen atoms in total. The third kappa shape index (κ3) is 3.42. The molecule has 1 unspecified atom stereocenters. The van der Waals surface area contributed by atoms with Crippen molar-refractivity contribution in [1.82, 2.24) is 14.9 Å². The van der Waals surface area contributed by atoms with Crippen LogP contribution in [0.25, 0.3) is 0 Å². The van der Waals surface area contributed by atoms with Crippen molar-refractivity contribution in [1.29, 1.82) is 0 Å². The summed E-state index contributed by atoms with van der Waals surface area (Å²) in [6.45, 7) is 11.9. The quantitative estimate of drug-likeness (QED) is 0.887. The Hall–Kier alpha value is -1.16. The Labute approximate surface area is 110 Å². The lowest BCUT2D eigenvalue weighted by Gasteiger charge is -2.20. The van der Waals surface area contributed by atoms with Gasteiger partial charge in [-0.1, -0.05) is 0 Å². The van der Waals surface area contributed by atoms with E-state index in [4.69, 9.17) is 0 Å². The molecule has 0 amide bonds. The van der Waals surface area contributed by atoms with Gasteiger partial charge in [-0.05, 0) is 46.6 Å². The summed E-state index contributed by atoms with van der Waals surface area (Å²) in [6, 6.07) is 2.68. The standard InChI is InChI=1S/C14H24N4/c1-10(2)18-6-5-13(9-18)8-15-14-7-11(3)16-12(4)17-14/h7,10,13H,5-6,8-9H2,1-4H3,(H,15,16,17). The number of aromatic nitrogens is 2. The monoisotopic (exact) mass is 248 g/mol. The SMILES string of the molecule is Cc1cc(NCC2CCN(C(C)C)C2)nc(C)n1. The van der Waals surface area contributed by atoms with Crippen molar-refractivity contribution < 1.29 is 0 Å². The number of nitrogens with one attached hydrogen (secondary N) is 1. The van der Waals surface area contributed by atoms with E-state index in [1.807, 2.05) is 19.9 Å². The fraction of sp³-hybridized carbons (Fsp3) is 0.714. The minimum absolute atomic E-state index is 0.665. The molecule has 2 rings (SSSR count). The van der Waals surface area contributed by atoms with Gasteiger partial charge in [0, 0.05) is 30.9 Å². The number of anilines is 1. The van der Waals surface area contributed by atoms with Crippen LogP contribution in [0.3, 0.4) is 0 Å². The number of likely N-dealkylation sites (tertiary alicyclic amines) is 1. The maximum absolute atomic E-state index is 4.41. The van der Waals surface area contributed by atoms with Gasteiger partial charge >= 0.3 is 0 Å². The molecule has 0 aromatic carbocycles. The lowest BCUT2D eigenvalue weighted by molar-refractivity contribution is 0.266. The molecule has 18 heavy (non-hydrogen) atoms. The first-order valence-corrected chi connectivity index (χ1v) is 6.85. The molecule has 4 heteroatoms. The van der Waals surface area contributed by atoms with E-state index >= 15 is 0 Å². The maximum atomic E-state index is 4.41. The van der Waals surface area contributed by atoms with E-state index in [2.05, 4.69) is 34.0 Å². The van der Waals surface area contributed by atoms with Crippen LogP contribution in [0.15, 0.2) is 6.07 Å². The average Bonchev–Trinajstić information content (AvgIpc) is 2.73. The van der Waals surface area contributed by atoms with E-state index in [0.29, 0.717) is 6.04 Å². The Balaban J connectivity index is 1.85. The van der Waals surface area contributed by atoms with Crippen molar-refractivity contribution in [2.45, 2.75) is 40.2 Å². The molecule has 1 N–H and O–H groups in total. The highest BCUT2D eigenvalue weighted by Crippen LogP contribution is 2.19. The Morgan fingerprint density at radius 2 is 2.17 bits per heavy atom. The molecule has 1 aromatic rings. The second-order valence-electron chi connectivity index (χ2n) is 5.57. The van der Waals surface area contributed by atoms with Gasteiger partial charge in [0.05, 0.1) is 0 Å². The molecule has 1 aromatic heterocycles. The van der Waals surface area contributed by atoms with Crippen LogP contribution >= 0.6 is 0 Å². The van der Waals surface area contributed by atoms with Crippen LogP contribution in [0.4, 0.5) is 5.82 Å². The fourth-order valence-corrected chi connectivity index (χ4v) is 2.55. The van der Waals surface area contributed by atoms with Gasteiger partial charge in [-0.25, -0.2) is 9.97 Å². The third-order valence-electron chi connectivity index (χ3n) is 3.59. The summed E-state index contributed by atoms with van der Waals surface area (Å²) < 4.78 is 0. The molecule has 1 aliphatic rings. The van der Waals surface area contributed by atoms with Crippen molar-refractivity contribution in [2.75, 3.05) is 25.0 Å². The molecular weight excluding hydrogens is 224 g/mol. The van der Waals surface area contributed by atoms with Crippen molar-refractivity contribution in [3.8, 4) is 0 Å². The predicted molar refractivity (Wildman–Crippen MR) is 74.8 cm³/mol. The minimum atomic E-state index is 0.665. The number of nitrogens with zero attached hydrogens (tertiary/aromatic N) is 3. The number of rotatable bonds is 4. The van der Waals surface area contributed by atoms with Crippen LogP contribution in [0.5, 0.6) is 0 Å². The molecular formula is C14H24N4. The Morgan fingerprint density at radius 1 is 1.39 bits per heavy atom. The highest BCUT2D eigenvalue weighted by Gasteiger charge is 2.23. The number of aryl methyl sites for hydroxylation is 2. The first-order chi connectivity index (χ1) is 8.54. The molecule has 0 saturated carbocycles. The number of hydrogen-bond donors (Lipinski definition) is 1. The number of hydrogen-bond acceptors (Lipinski definition) is 4. The summed E-state index contributed by atoms with van der Waals surface area (Å²) in [7, 11) is 0. The molecule has 0 radical (unpaired) electrons. The molecule has 0 spiro atoms. The van der Waals surface area contributed by atoms with Gasteiger partial charge in [-0.2, -0.15) is 0 Å². The van der Waals surface area contributed by atoms with Gasteiger partial charge < -0.3 is 10.2 Å². The van der Waals surface area contributed by atoms with Crippen LogP contribution in [-0.4, -0.2) is 40.5 Å². The highest BCUT2D eigenvalue weighted by atomic mass is 15.2. The summed E-state index contributed by atoms with van der Waals surface area (Å²) >= 11 is 0.